The van der Waals surface area contributed by atoms with Gasteiger partial charge in [-0.1, -0.05) is 12.1 Å². The van der Waals surface area contributed by atoms with E-state index < -0.39 is 7.81 Å². The number of aromatic nitrogens is 2. The smallest absolute Gasteiger partial charge is 0.270 e. The number of hydrogen-bond donors (Lipinski definition) is 1. The fourth-order valence-electron chi connectivity index (χ4n) is 1.20. The fraction of sp³-hybridized carbons (Fsp3) is 0.0909. The summed E-state index contributed by atoms with van der Waals surface area (Å²) >= 11 is 0. The summed E-state index contributed by atoms with van der Waals surface area (Å²) in [5, 5.41) is 3.27. The molecule has 21 heavy (non-hydrogen) atoms. The SMILES string of the molecule is F[P-](F)(F)(F)(F)F.c1ccc(NCc2cccnc2)[nH+]c1. The van der Waals surface area contributed by atoms with E-state index >= 15 is 0 Å². The van der Waals surface area contributed by atoms with Crippen molar-refractivity contribution in [2.24, 2.45) is 0 Å². The molecule has 0 unspecified atom stereocenters. The van der Waals surface area contributed by atoms with Crippen LogP contribution in [-0.2, 0) is 6.54 Å². The largest absolute Gasteiger partial charge is 0.272 e. The zero-order valence-corrected chi connectivity index (χ0v) is 11.4. The number of pyridine rings is 2. The molecule has 0 fully saturated rings. The molecule has 0 aliphatic rings. The first kappa shape index (κ1) is 17.2. The zero-order chi connectivity index (χ0) is 16.0. The average molecular weight is 331 g/mol. The molecule has 0 amide bonds. The first-order valence-corrected chi connectivity index (χ1v) is 7.59. The van der Waals surface area contributed by atoms with Gasteiger partial charge in [-0.2, -0.15) is 0 Å². The topological polar surface area (TPSA) is 39.1 Å². The summed E-state index contributed by atoms with van der Waals surface area (Å²) in [7, 11) is -10.7. The molecule has 0 aliphatic carbocycles. The molecule has 10 heteroatoms. The maximum atomic E-state index is 9.87. The van der Waals surface area contributed by atoms with Gasteiger partial charge in [0, 0.05) is 24.0 Å². The summed E-state index contributed by atoms with van der Waals surface area (Å²) < 4.78 is 59.2. The number of anilines is 1. The van der Waals surface area contributed by atoms with E-state index in [1.54, 1.807) is 6.20 Å². The predicted octanol–water partition coefficient (Wildman–Crippen LogP) is 4.89. The van der Waals surface area contributed by atoms with Crippen LogP contribution < -0.4 is 10.3 Å². The van der Waals surface area contributed by atoms with E-state index in [-0.39, 0.29) is 0 Å². The Hall–Kier alpha value is -1.89. The summed E-state index contributed by atoms with van der Waals surface area (Å²) in [6.07, 6.45) is 5.53. The van der Waals surface area contributed by atoms with Crippen molar-refractivity contribution in [2.45, 2.75) is 6.54 Å². The second kappa shape index (κ2) is 5.48. The summed E-state index contributed by atoms with van der Waals surface area (Å²) in [5.74, 6) is 1.01. The van der Waals surface area contributed by atoms with Crippen LogP contribution in [0.5, 0.6) is 0 Å². The van der Waals surface area contributed by atoms with Crippen LogP contribution in [0.25, 0.3) is 0 Å². The molecule has 2 aromatic heterocycles. The molecule has 0 saturated carbocycles. The number of H-pyrrole nitrogens is 1. The van der Waals surface area contributed by atoms with E-state index in [0.29, 0.717) is 0 Å². The van der Waals surface area contributed by atoms with E-state index in [9.17, 15) is 25.2 Å². The normalized spacial score (nSPS) is 14.2. The third kappa shape index (κ3) is 12.9. The summed E-state index contributed by atoms with van der Waals surface area (Å²) in [4.78, 5) is 7.15. The minimum atomic E-state index is -10.7. The number of hydrogen-bond acceptors (Lipinski definition) is 2. The van der Waals surface area contributed by atoms with E-state index in [0.717, 1.165) is 12.4 Å². The van der Waals surface area contributed by atoms with E-state index in [1.165, 1.54) is 5.56 Å². The number of nitrogens with one attached hydrogen (secondary N) is 2. The van der Waals surface area contributed by atoms with Gasteiger partial charge in [0.25, 0.3) is 5.82 Å². The second-order valence-corrected chi connectivity index (χ2v) is 5.87. The van der Waals surface area contributed by atoms with Crippen molar-refractivity contribution in [3.8, 4) is 0 Å². The molecule has 0 saturated heterocycles. The van der Waals surface area contributed by atoms with Crippen LogP contribution in [0.4, 0.5) is 31.0 Å². The molecule has 3 nitrogen and oxygen atoms in total. The molecule has 0 aliphatic heterocycles. The monoisotopic (exact) mass is 331 g/mol. The maximum absolute atomic E-state index is 10.7. The Labute approximate surface area is 116 Å². The Morgan fingerprint density at radius 1 is 1.00 bits per heavy atom. The molecule has 2 heterocycles. The van der Waals surface area contributed by atoms with Gasteiger partial charge in [0.2, 0.25) is 0 Å². The van der Waals surface area contributed by atoms with Gasteiger partial charge in [-0.3, -0.25) is 10.3 Å². The van der Waals surface area contributed by atoms with Crippen LogP contribution in [0.1, 0.15) is 5.56 Å². The number of aromatic amines is 1. The van der Waals surface area contributed by atoms with Gasteiger partial charge in [-0.25, -0.2) is 4.98 Å². The predicted molar refractivity (Wildman–Crippen MR) is 68.1 cm³/mol. The van der Waals surface area contributed by atoms with Gasteiger partial charge < -0.3 is 0 Å². The van der Waals surface area contributed by atoms with Crippen LogP contribution in [0.15, 0.2) is 48.9 Å². The first-order valence-electron chi connectivity index (χ1n) is 5.56. The minimum Gasteiger partial charge on any atom is -0.270 e. The molecule has 0 atom stereocenters. The van der Waals surface area contributed by atoms with E-state index in [4.69, 9.17) is 0 Å². The molecule has 0 aromatic carbocycles. The molecule has 0 radical (unpaired) electrons. The minimum absolute atomic E-state index is 0.786. The molecule has 2 rings (SSSR count). The van der Waals surface area contributed by atoms with E-state index in [2.05, 4.69) is 15.3 Å². The summed E-state index contributed by atoms with van der Waals surface area (Å²) in [5.41, 5.74) is 1.17. The molecule has 2 aromatic rings. The number of rotatable bonds is 3. The van der Waals surface area contributed by atoms with Crippen molar-refractivity contribution in [1.29, 1.82) is 0 Å². The Morgan fingerprint density at radius 3 is 2.14 bits per heavy atom. The van der Waals surface area contributed by atoms with Crippen molar-refractivity contribution in [1.82, 2.24) is 4.98 Å². The van der Waals surface area contributed by atoms with Crippen LogP contribution in [-0.4, -0.2) is 4.98 Å². The Morgan fingerprint density at radius 2 is 1.67 bits per heavy atom. The van der Waals surface area contributed by atoms with Gasteiger partial charge in [-0.05, 0) is 12.1 Å². The van der Waals surface area contributed by atoms with Crippen LogP contribution in [0, 0.1) is 0 Å². The third-order valence-corrected chi connectivity index (χ3v) is 1.91. The Kier molecular flexibility index (Phi) is 4.48. The van der Waals surface area contributed by atoms with Gasteiger partial charge in [0.15, 0.2) is 0 Å². The van der Waals surface area contributed by atoms with Crippen LogP contribution in [0.3, 0.4) is 0 Å². The first-order chi connectivity index (χ1) is 9.40. The standard InChI is InChI=1S/C11H11N3.F6P/c1-2-7-13-11(5-1)14-9-10-4-3-6-12-8-10;1-7(2,3,4,5)6/h1-8H,9H2,(H,13,14);/q;-1/p+1. The summed E-state index contributed by atoms with van der Waals surface area (Å²) in [6, 6.07) is 9.92. The van der Waals surface area contributed by atoms with Crippen LogP contribution in [0.2, 0.25) is 0 Å². The summed E-state index contributed by atoms with van der Waals surface area (Å²) in [6.45, 7) is 0.786. The van der Waals surface area contributed by atoms with Crippen molar-refractivity contribution >= 4 is 13.6 Å². The van der Waals surface area contributed by atoms with Crippen molar-refractivity contribution < 1.29 is 30.2 Å². The van der Waals surface area contributed by atoms with Crippen LogP contribution >= 0.6 is 7.81 Å². The Balaban J connectivity index is 0.000000270. The zero-order valence-electron chi connectivity index (χ0n) is 10.5. The third-order valence-electron chi connectivity index (χ3n) is 1.91. The van der Waals surface area contributed by atoms with Gasteiger partial charge in [0.05, 0.1) is 6.20 Å². The van der Waals surface area contributed by atoms with Gasteiger partial charge >= 0.3 is 33.0 Å². The second-order valence-electron chi connectivity index (χ2n) is 3.95. The molecule has 2 N–H and O–H groups in total. The van der Waals surface area contributed by atoms with E-state index in [1.807, 2.05) is 42.7 Å². The quantitative estimate of drug-likeness (QED) is 0.642. The molecule has 0 bridgehead atoms. The van der Waals surface area contributed by atoms with Crippen molar-refractivity contribution in [3.05, 3.63) is 54.5 Å². The fourth-order valence-corrected chi connectivity index (χ4v) is 1.20. The number of nitrogens with zero attached hydrogens (tertiary/aromatic N) is 1. The van der Waals surface area contributed by atoms with Crippen molar-refractivity contribution in [3.63, 3.8) is 0 Å². The Bertz CT molecular complexity index is 507. The molecule has 118 valence electrons. The van der Waals surface area contributed by atoms with Gasteiger partial charge in [-0.15, -0.1) is 0 Å². The van der Waals surface area contributed by atoms with Crippen molar-refractivity contribution in [2.75, 3.05) is 5.32 Å². The average Bonchev–Trinajstić information content (AvgIpc) is 2.35. The maximum Gasteiger partial charge on any atom is 0.272 e. The molecular formula is C11H12F6N3P. The number of halogens is 6. The van der Waals surface area contributed by atoms with Gasteiger partial charge in [0.1, 0.15) is 6.54 Å². The molecular weight excluding hydrogens is 319 g/mol. The molecule has 0 spiro atoms.